The molecule has 0 amide bonds. The number of benzene rings is 1. The maximum atomic E-state index is 10.9. The third-order valence-corrected chi connectivity index (χ3v) is 4.25. The predicted molar refractivity (Wildman–Crippen MR) is 74.2 cm³/mol. The highest BCUT2D eigenvalue weighted by Crippen LogP contribution is 2.33. The van der Waals surface area contributed by atoms with E-state index in [1.54, 1.807) is 0 Å². The highest BCUT2D eigenvalue weighted by atomic mass is 79.9. The van der Waals surface area contributed by atoms with Crippen molar-refractivity contribution < 1.29 is 19.7 Å². The lowest BCUT2D eigenvalue weighted by Crippen LogP contribution is -2.41. The van der Waals surface area contributed by atoms with Gasteiger partial charge in [0.25, 0.3) is 0 Å². The summed E-state index contributed by atoms with van der Waals surface area (Å²) in [5.41, 5.74) is -0.915. The first kappa shape index (κ1) is 14.3. The van der Waals surface area contributed by atoms with Crippen LogP contribution < -0.4 is 4.74 Å². The molecule has 104 valence electrons. The molecule has 1 aromatic carbocycles. The third kappa shape index (κ3) is 3.70. The van der Waals surface area contributed by atoms with Crippen molar-refractivity contribution in [1.82, 2.24) is 0 Å². The number of halogens is 1. The Morgan fingerprint density at radius 2 is 2.00 bits per heavy atom. The van der Waals surface area contributed by atoms with Crippen molar-refractivity contribution in [2.24, 2.45) is 5.92 Å². The molecule has 19 heavy (non-hydrogen) atoms. The van der Waals surface area contributed by atoms with Crippen molar-refractivity contribution in [1.29, 1.82) is 0 Å². The molecule has 0 unspecified atom stereocenters. The molecule has 1 aliphatic rings. The van der Waals surface area contributed by atoms with Gasteiger partial charge in [-0.25, -0.2) is 0 Å². The molecular formula is C14H17BrO4. The largest absolute Gasteiger partial charge is 0.489 e. The Kier molecular flexibility index (Phi) is 4.47. The summed E-state index contributed by atoms with van der Waals surface area (Å²) in [6.07, 6.45) is 1.94. The summed E-state index contributed by atoms with van der Waals surface area (Å²) < 4.78 is 6.48. The van der Waals surface area contributed by atoms with E-state index < -0.39 is 11.6 Å². The van der Waals surface area contributed by atoms with E-state index in [-0.39, 0.29) is 12.5 Å². The van der Waals surface area contributed by atoms with E-state index in [0.29, 0.717) is 31.4 Å². The maximum absolute atomic E-state index is 10.9. The molecule has 1 aliphatic carbocycles. The van der Waals surface area contributed by atoms with Gasteiger partial charge in [0.2, 0.25) is 0 Å². The second kappa shape index (κ2) is 5.92. The summed E-state index contributed by atoms with van der Waals surface area (Å²) in [5, 5.41) is 19.3. The molecule has 0 aliphatic heterocycles. The quantitative estimate of drug-likeness (QED) is 0.891. The number of carboxylic acid groups (broad SMARTS) is 1. The van der Waals surface area contributed by atoms with E-state index in [2.05, 4.69) is 15.9 Å². The van der Waals surface area contributed by atoms with Crippen LogP contribution in [0.5, 0.6) is 5.75 Å². The van der Waals surface area contributed by atoms with E-state index in [4.69, 9.17) is 9.84 Å². The fraction of sp³-hybridized carbons (Fsp3) is 0.500. The number of para-hydroxylation sites is 1. The van der Waals surface area contributed by atoms with Crippen LogP contribution >= 0.6 is 15.9 Å². The fourth-order valence-electron chi connectivity index (χ4n) is 2.32. The summed E-state index contributed by atoms with van der Waals surface area (Å²) in [6, 6.07) is 7.46. The van der Waals surface area contributed by atoms with Crippen molar-refractivity contribution in [3.8, 4) is 5.75 Å². The van der Waals surface area contributed by atoms with Crippen LogP contribution in [0.25, 0.3) is 0 Å². The lowest BCUT2D eigenvalue weighted by molar-refractivity contribution is -0.145. The molecule has 0 bridgehead atoms. The molecule has 0 heterocycles. The minimum atomic E-state index is -0.915. The summed E-state index contributed by atoms with van der Waals surface area (Å²) >= 11 is 3.38. The Morgan fingerprint density at radius 3 is 2.58 bits per heavy atom. The number of hydrogen-bond donors (Lipinski definition) is 2. The van der Waals surface area contributed by atoms with E-state index in [0.717, 1.165) is 4.47 Å². The molecule has 4 nitrogen and oxygen atoms in total. The van der Waals surface area contributed by atoms with Crippen molar-refractivity contribution in [3.05, 3.63) is 28.7 Å². The van der Waals surface area contributed by atoms with Gasteiger partial charge < -0.3 is 14.9 Å². The van der Waals surface area contributed by atoms with Crippen LogP contribution in [0.15, 0.2) is 28.7 Å². The number of aliphatic carboxylic acids is 1. The van der Waals surface area contributed by atoms with Gasteiger partial charge in [0, 0.05) is 0 Å². The van der Waals surface area contributed by atoms with Crippen LogP contribution in [0.3, 0.4) is 0 Å². The SMILES string of the molecule is O=C(O)C1CCC(O)(COc2ccccc2Br)CC1. The molecular weight excluding hydrogens is 312 g/mol. The zero-order valence-corrected chi connectivity index (χ0v) is 12.1. The first-order valence-corrected chi connectivity index (χ1v) is 7.12. The van der Waals surface area contributed by atoms with Gasteiger partial charge in [-0.05, 0) is 53.7 Å². The lowest BCUT2D eigenvalue weighted by atomic mass is 9.79. The molecule has 0 radical (unpaired) electrons. The normalized spacial score (nSPS) is 26.9. The molecule has 5 heteroatoms. The van der Waals surface area contributed by atoms with Gasteiger partial charge in [0.05, 0.1) is 16.0 Å². The molecule has 0 atom stereocenters. The standard InChI is InChI=1S/C14H17BrO4/c15-11-3-1-2-4-12(11)19-9-14(18)7-5-10(6-8-14)13(16)17/h1-4,10,18H,5-9H2,(H,16,17). The second-order valence-corrected chi connectivity index (χ2v) is 5.91. The van der Waals surface area contributed by atoms with Crippen molar-refractivity contribution in [3.63, 3.8) is 0 Å². The summed E-state index contributed by atoms with van der Waals surface area (Å²) in [4.78, 5) is 10.9. The van der Waals surface area contributed by atoms with E-state index in [1.807, 2.05) is 24.3 Å². The summed E-state index contributed by atoms with van der Waals surface area (Å²) in [5.74, 6) is -0.409. The summed E-state index contributed by atoms with van der Waals surface area (Å²) in [7, 11) is 0. The zero-order valence-electron chi connectivity index (χ0n) is 10.5. The Bertz CT molecular complexity index is 453. The molecule has 2 rings (SSSR count). The molecule has 0 aromatic heterocycles. The minimum absolute atomic E-state index is 0.196. The van der Waals surface area contributed by atoms with Gasteiger partial charge >= 0.3 is 5.97 Å². The molecule has 1 aromatic rings. The average molecular weight is 329 g/mol. The van der Waals surface area contributed by atoms with Crippen LogP contribution in [-0.2, 0) is 4.79 Å². The van der Waals surface area contributed by atoms with Crippen molar-refractivity contribution in [2.75, 3.05) is 6.61 Å². The average Bonchev–Trinajstić information content (AvgIpc) is 2.38. The van der Waals surface area contributed by atoms with Crippen LogP contribution in [0, 0.1) is 5.92 Å². The Balaban J connectivity index is 1.90. The maximum Gasteiger partial charge on any atom is 0.306 e. The fourth-order valence-corrected chi connectivity index (χ4v) is 2.72. The van der Waals surface area contributed by atoms with Gasteiger partial charge in [-0.3, -0.25) is 4.79 Å². The molecule has 1 saturated carbocycles. The second-order valence-electron chi connectivity index (χ2n) is 5.06. The predicted octanol–water partition coefficient (Wildman–Crippen LogP) is 2.83. The van der Waals surface area contributed by atoms with Crippen LogP contribution in [0.1, 0.15) is 25.7 Å². The van der Waals surface area contributed by atoms with E-state index in [9.17, 15) is 9.90 Å². The van der Waals surface area contributed by atoms with Crippen LogP contribution in [0.2, 0.25) is 0 Å². The number of rotatable bonds is 4. The molecule has 0 saturated heterocycles. The highest BCUT2D eigenvalue weighted by molar-refractivity contribution is 9.10. The Labute approximate surface area is 120 Å². The molecule has 2 N–H and O–H groups in total. The number of ether oxygens (including phenoxy) is 1. The van der Waals surface area contributed by atoms with Crippen LogP contribution in [0.4, 0.5) is 0 Å². The number of hydrogen-bond acceptors (Lipinski definition) is 3. The topological polar surface area (TPSA) is 66.8 Å². The number of aliphatic hydroxyl groups is 1. The van der Waals surface area contributed by atoms with Gasteiger partial charge in [-0.15, -0.1) is 0 Å². The summed E-state index contributed by atoms with van der Waals surface area (Å²) in [6.45, 7) is 0.196. The van der Waals surface area contributed by atoms with E-state index >= 15 is 0 Å². The first-order chi connectivity index (χ1) is 9.00. The third-order valence-electron chi connectivity index (χ3n) is 3.60. The molecule has 0 spiro atoms. The zero-order chi connectivity index (χ0) is 13.9. The monoisotopic (exact) mass is 328 g/mol. The lowest BCUT2D eigenvalue weighted by Gasteiger charge is -2.34. The van der Waals surface area contributed by atoms with Gasteiger partial charge in [0.15, 0.2) is 0 Å². The number of carboxylic acids is 1. The number of carbonyl (C=O) groups is 1. The first-order valence-electron chi connectivity index (χ1n) is 6.33. The highest BCUT2D eigenvalue weighted by Gasteiger charge is 2.36. The van der Waals surface area contributed by atoms with Gasteiger partial charge in [-0.2, -0.15) is 0 Å². The van der Waals surface area contributed by atoms with Crippen molar-refractivity contribution >= 4 is 21.9 Å². The Morgan fingerprint density at radius 1 is 1.37 bits per heavy atom. The van der Waals surface area contributed by atoms with Crippen LogP contribution in [-0.4, -0.2) is 28.4 Å². The van der Waals surface area contributed by atoms with Gasteiger partial charge in [0.1, 0.15) is 12.4 Å². The van der Waals surface area contributed by atoms with E-state index in [1.165, 1.54) is 0 Å². The van der Waals surface area contributed by atoms with Crippen molar-refractivity contribution in [2.45, 2.75) is 31.3 Å². The minimum Gasteiger partial charge on any atom is -0.489 e. The molecule has 1 fully saturated rings. The smallest absolute Gasteiger partial charge is 0.306 e. The Hall–Kier alpha value is -1.07. The van der Waals surface area contributed by atoms with Gasteiger partial charge in [-0.1, -0.05) is 12.1 Å².